The van der Waals surface area contributed by atoms with Gasteiger partial charge < -0.3 is 16.4 Å². The van der Waals surface area contributed by atoms with E-state index in [1.54, 1.807) is 0 Å². The van der Waals surface area contributed by atoms with Crippen LogP contribution >= 0.6 is 0 Å². The lowest BCUT2D eigenvalue weighted by Gasteiger charge is -2.33. The molecule has 1 saturated carbocycles. The van der Waals surface area contributed by atoms with Crippen molar-refractivity contribution in [3.05, 3.63) is 0 Å². The molecule has 0 aromatic carbocycles. The first-order valence-electron chi connectivity index (χ1n) is 7.94. The van der Waals surface area contributed by atoms with E-state index in [0.29, 0.717) is 13.0 Å². The quantitative estimate of drug-likeness (QED) is 0.708. The molecule has 4 N–H and O–H groups in total. The third-order valence-electron chi connectivity index (χ3n) is 4.73. The normalized spacial score (nSPS) is 24.1. The summed E-state index contributed by atoms with van der Waals surface area (Å²) in [7, 11) is 0. The van der Waals surface area contributed by atoms with Crippen LogP contribution in [-0.4, -0.2) is 31.1 Å². The van der Waals surface area contributed by atoms with Gasteiger partial charge in [-0.15, -0.1) is 0 Å². The summed E-state index contributed by atoms with van der Waals surface area (Å²) in [5.41, 5.74) is 6.19. The van der Waals surface area contributed by atoms with E-state index >= 15 is 0 Å². The van der Waals surface area contributed by atoms with Crippen molar-refractivity contribution in [1.82, 2.24) is 10.6 Å². The lowest BCUT2D eigenvalue weighted by molar-refractivity contribution is -0.121. The van der Waals surface area contributed by atoms with E-state index in [4.69, 9.17) is 5.73 Å². The number of carbonyl (C=O) groups excluding carboxylic acids is 1. The Balaban J connectivity index is 1.61. The molecule has 1 amide bonds. The fraction of sp³-hybridized carbons (Fsp3) is 0.933. The molecule has 2 rings (SSSR count). The summed E-state index contributed by atoms with van der Waals surface area (Å²) >= 11 is 0. The van der Waals surface area contributed by atoms with E-state index in [2.05, 4.69) is 10.6 Å². The molecule has 0 bridgehead atoms. The van der Waals surface area contributed by atoms with E-state index in [9.17, 15) is 4.79 Å². The van der Waals surface area contributed by atoms with E-state index in [1.807, 2.05) is 0 Å². The number of amides is 1. The van der Waals surface area contributed by atoms with Crippen molar-refractivity contribution in [2.75, 3.05) is 19.6 Å². The Hall–Kier alpha value is -0.610. The van der Waals surface area contributed by atoms with Gasteiger partial charge in [-0.05, 0) is 51.1 Å². The minimum Gasteiger partial charge on any atom is -0.354 e. The molecular formula is C15H29N3O. The van der Waals surface area contributed by atoms with Gasteiger partial charge in [0.05, 0.1) is 0 Å². The molecule has 0 radical (unpaired) electrons. The van der Waals surface area contributed by atoms with Crippen LogP contribution in [0.15, 0.2) is 0 Å². The van der Waals surface area contributed by atoms with Crippen molar-refractivity contribution >= 4 is 5.91 Å². The van der Waals surface area contributed by atoms with Gasteiger partial charge in [-0.2, -0.15) is 0 Å². The highest BCUT2D eigenvalue weighted by atomic mass is 16.1. The predicted molar refractivity (Wildman–Crippen MR) is 77.8 cm³/mol. The molecule has 0 aromatic heterocycles. The van der Waals surface area contributed by atoms with Crippen LogP contribution in [0.1, 0.15) is 57.8 Å². The summed E-state index contributed by atoms with van der Waals surface area (Å²) in [4.78, 5) is 11.9. The monoisotopic (exact) mass is 267 g/mol. The number of hydrogen-bond donors (Lipinski definition) is 3. The Labute approximate surface area is 116 Å². The average molecular weight is 267 g/mol. The average Bonchev–Trinajstić information content (AvgIpc) is 2.45. The van der Waals surface area contributed by atoms with Crippen molar-refractivity contribution in [3.8, 4) is 0 Å². The van der Waals surface area contributed by atoms with E-state index in [1.165, 1.54) is 32.1 Å². The highest BCUT2D eigenvalue weighted by Crippen LogP contribution is 2.25. The molecule has 0 aromatic rings. The minimum absolute atomic E-state index is 0.136. The number of piperidine rings is 1. The molecule has 110 valence electrons. The van der Waals surface area contributed by atoms with Crippen molar-refractivity contribution in [2.45, 2.75) is 63.3 Å². The van der Waals surface area contributed by atoms with E-state index in [0.717, 1.165) is 38.3 Å². The fourth-order valence-electron chi connectivity index (χ4n) is 3.30. The topological polar surface area (TPSA) is 67.1 Å². The Kier molecular flexibility index (Phi) is 5.64. The number of nitrogens with one attached hydrogen (secondary N) is 2. The summed E-state index contributed by atoms with van der Waals surface area (Å²) in [6.45, 7) is 2.88. The molecule has 4 nitrogen and oxygen atoms in total. The summed E-state index contributed by atoms with van der Waals surface area (Å²) in [6, 6.07) is 0. The van der Waals surface area contributed by atoms with Crippen LogP contribution in [0.25, 0.3) is 0 Å². The molecule has 2 fully saturated rings. The third kappa shape index (κ3) is 5.11. The van der Waals surface area contributed by atoms with E-state index in [-0.39, 0.29) is 11.4 Å². The van der Waals surface area contributed by atoms with Crippen LogP contribution in [0.3, 0.4) is 0 Å². The second-order valence-electron chi connectivity index (χ2n) is 6.43. The van der Waals surface area contributed by atoms with Gasteiger partial charge in [-0.25, -0.2) is 0 Å². The molecule has 0 atom stereocenters. The number of nitrogens with two attached hydrogens (primary N) is 1. The number of carbonyl (C=O) groups is 1. The molecule has 1 aliphatic heterocycles. The summed E-state index contributed by atoms with van der Waals surface area (Å²) < 4.78 is 0. The zero-order chi connectivity index (χ0) is 13.6. The van der Waals surface area contributed by atoms with Gasteiger partial charge >= 0.3 is 0 Å². The molecule has 1 heterocycles. The Morgan fingerprint density at radius 2 is 1.89 bits per heavy atom. The number of hydrogen-bond acceptors (Lipinski definition) is 3. The van der Waals surface area contributed by atoms with Gasteiger partial charge in [0.15, 0.2) is 0 Å². The molecule has 2 aliphatic rings. The molecule has 1 aliphatic carbocycles. The maximum Gasteiger partial charge on any atom is 0.220 e. The van der Waals surface area contributed by atoms with Gasteiger partial charge in [-0.3, -0.25) is 4.79 Å². The van der Waals surface area contributed by atoms with Gasteiger partial charge in [-0.1, -0.05) is 19.3 Å². The van der Waals surface area contributed by atoms with Crippen molar-refractivity contribution < 1.29 is 4.79 Å². The highest BCUT2D eigenvalue weighted by molar-refractivity contribution is 5.75. The maximum atomic E-state index is 11.9. The molecular weight excluding hydrogens is 238 g/mol. The van der Waals surface area contributed by atoms with Gasteiger partial charge in [0.2, 0.25) is 5.91 Å². The second-order valence-corrected chi connectivity index (χ2v) is 6.43. The van der Waals surface area contributed by atoms with Gasteiger partial charge in [0.25, 0.3) is 0 Å². The van der Waals surface area contributed by atoms with Crippen molar-refractivity contribution in [3.63, 3.8) is 0 Å². The molecule has 19 heavy (non-hydrogen) atoms. The fourth-order valence-corrected chi connectivity index (χ4v) is 3.30. The highest BCUT2D eigenvalue weighted by Gasteiger charge is 2.27. The Morgan fingerprint density at radius 3 is 2.58 bits per heavy atom. The van der Waals surface area contributed by atoms with Crippen LogP contribution in [-0.2, 0) is 4.79 Å². The summed E-state index contributed by atoms with van der Waals surface area (Å²) in [5.74, 6) is 0.919. The van der Waals surface area contributed by atoms with Crippen LogP contribution in [0, 0.1) is 5.92 Å². The van der Waals surface area contributed by atoms with Crippen LogP contribution in [0.5, 0.6) is 0 Å². The van der Waals surface area contributed by atoms with Gasteiger partial charge in [0.1, 0.15) is 0 Å². The van der Waals surface area contributed by atoms with Gasteiger partial charge in [0, 0.05) is 18.5 Å². The zero-order valence-corrected chi connectivity index (χ0v) is 12.0. The van der Waals surface area contributed by atoms with E-state index < -0.39 is 0 Å². The Morgan fingerprint density at radius 1 is 1.21 bits per heavy atom. The van der Waals surface area contributed by atoms with Crippen LogP contribution < -0.4 is 16.4 Å². The SMILES string of the molecule is NC1(CNC(=O)CCC2CCNCC2)CCCCC1. The summed E-state index contributed by atoms with van der Waals surface area (Å²) in [6.07, 6.45) is 9.96. The first-order chi connectivity index (χ1) is 9.18. The number of rotatable bonds is 5. The second kappa shape index (κ2) is 7.25. The first kappa shape index (κ1) is 14.8. The standard InChI is InChI=1S/C15H29N3O/c16-15(8-2-1-3-9-15)12-18-14(19)5-4-13-6-10-17-11-7-13/h13,17H,1-12,16H2,(H,18,19). The van der Waals surface area contributed by atoms with Crippen molar-refractivity contribution in [2.24, 2.45) is 11.7 Å². The lowest BCUT2D eigenvalue weighted by atomic mass is 9.82. The largest absolute Gasteiger partial charge is 0.354 e. The molecule has 1 saturated heterocycles. The zero-order valence-electron chi connectivity index (χ0n) is 12.0. The minimum atomic E-state index is -0.136. The maximum absolute atomic E-state index is 11.9. The Bertz CT molecular complexity index is 281. The third-order valence-corrected chi connectivity index (χ3v) is 4.73. The summed E-state index contributed by atoms with van der Waals surface area (Å²) in [5, 5.41) is 6.41. The first-order valence-corrected chi connectivity index (χ1v) is 7.94. The molecule has 4 heteroatoms. The molecule has 0 spiro atoms. The lowest BCUT2D eigenvalue weighted by Crippen LogP contribution is -2.51. The predicted octanol–water partition coefficient (Wildman–Crippen LogP) is 1.54. The van der Waals surface area contributed by atoms with Crippen molar-refractivity contribution in [1.29, 1.82) is 0 Å². The van der Waals surface area contributed by atoms with Crippen LogP contribution in [0.4, 0.5) is 0 Å². The van der Waals surface area contributed by atoms with Crippen LogP contribution in [0.2, 0.25) is 0 Å². The smallest absolute Gasteiger partial charge is 0.220 e. The molecule has 0 unspecified atom stereocenters.